The summed E-state index contributed by atoms with van der Waals surface area (Å²) in [5.41, 5.74) is 0.755. The van der Waals surface area contributed by atoms with Crippen LogP contribution >= 0.6 is 0 Å². The van der Waals surface area contributed by atoms with E-state index >= 15 is 0 Å². The van der Waals surface area contributed by atoms with Gasteiger partial charge in [0, 0.05) is 25.1 Å². The van der Waals surface area contributed by atoms with Crippen molar-refractivity contribution in [2.75, 3.05) is 24.6 Å². The number of ether oxygens (including phenoxy) is 1. The van der Waals surface area contributed by atoms with Gasteiger partial charge in [-0.2, -0.15) is 0 Å². The molecule has 1 atom stereocenters. The molecule has 1 aromatic rings. The van der Waals surface area contributed by atoms with Gasteiger partial charge in [0.2, 0.25) is 0 Å². The van der Waals surface area contributed by atoms with Gasteiger partial charge in [-0.3, -0.25) is 0 Å². The molecule has 1 unspecified atom stereocenters. The Bertz CT molecular complexity index is 584. The van der Waals surface area contributed by atoms with Gasteiger partial charge in [-0.1, -0.05) is 0 Å². The lowest BCUT2D eigenvalue weighted by Crippen LogP contribution is -2.46. The SMILES string of the molecule is O=S(=O)(CC1CNC1)CC1Cc2cc(F)ccc2O1. The zero-order valence-electron chi connectivity index (χ0n) is 10.4. The van der Waals surface area contributed by atoms with E-state index in [4.69, 9.17) is 4.74 Å². The summed E-state index contributed by atoms with van der Waals surface area (Å²) >= 11 is 0. The molecule has 1 saturated heterocycles. The molecular formula is C13H16FNO3S. The van der Waals surface area contributed by atoms with Crippen LogP contribution in [0.15, 0.2) is 18.2 Å². The number of fused-ring (bicyclic) bond motifs is 1. The second-order valence-electron chi connectivity index (χ2n) is 5.30. The van der Waals surface area contributed by atoms with Gasteiger partial charge in [-0.05, 0) is 24.1 Å². The summed E-state index contributed by atoms with van der Waals surface area (Å²) < 4.78 is 42.7. The van der Waals surface area contributed by atoms with Crippen molar-refractivity contribution in [3.63, 3.8) is 0 Å². The van der Waals surface area contributed by atoms with Crippen molar-refractivity contribution in [1.82, 2.24) is 5.32 Å². The van der Waals surface area contributed by atoms with Crippen LogP contribution in [0.2, 0.25) is 0 Å². The highest BCUT2D eigenvalue weighted by atomic mass is 32.2. The minimum absolute atomic E-state index is 0.0137. The Morgan fingerprint density at radius 1 is 1.32 bits per heavy atom. The van der Waals surface area contributed by atoms with Gasteiger partial charge in [0.05, 0.1) is 11.5 Å². The molecule has 0 spiro atoms. The number of hydrogen-bond acceptors (Lipinski definition) is 4. The third-order valence-corrected chi connectivity index (χ3v) is 5.42. The Balaban J connectivity index is 1.63. The molecule has 0 aromatic heterocycles. The predicted molar refractivity (Wildman–Crippen MR) is 69.5 cm³/mol. The van der Waals surface area contributed by atoms with Crippen LogP contribution in [0.1, 0.15) is 5.56 Å². The molecule has 1 N–H and O–H groups in total. The number of nitrogens with one attached hydrogen (secondary N) is 1. The molecule has 104 valence electrons. The molecule has 0 radical (unpaired) electrons. The lowest BCUT2D eigenvalue weighted by atomic mass is 10.1. The topological polar surface area (TPSA) is 55.4 Å². The summed E-state index contributed by atoms with van der Waals surface area (Å²) in [6.45, 7) is 1.55. The van der Waals surface area contributed by atoms with E-state index in [0.717, 1.165) is 18.7 Å². The lowest BCUT2D eigenvalue weighted by molar-refractivity contribution is 0.256. The van der Waals surface area contributed by atoms with Crippen LogP contribution in [-0.4, -0.2) is 39.1 Å². The molecular weight excluding hydrogens is 269 g/mol. The third kappa shape index (κ3) is 2.90. The maximum atomic E-state index is 13.1. The Labute approximate surface area is 111 Å². The minimum atomic E-state index is -3.11. The van der Waals surface area contributed by atoms with Crippen molar-refractivity contribution in [2.45, 2.75) is 12.5 Å². The van der Waals surface area contributed by atoms with Gasteiger partial charge >= 0.3 is 0 Å². The fourth-order valence-corrected chi connectivity index (χ4v) is 4.40. The van der Waals surface area contributed by atoms with E-state index in [-0.39, 0.29) is 29.3 Å². The minimum Gasteiger partial charge on any atom is -0.489 e. The van der Waals surface area contributed by atoms with E-state index in [2.05, 4.69) is 5.32 Å². The summed E-state index contributed by atoms with van der Waals surface area (Å²) in [4.78, 5) is 0. The van der Waals surface area contributed by atoms with Crippen LogP contribution in [0.25, 0.3) is 0 Å². The average molecular weight is 285 g/mol. The first-order valence-corrected chi connectivity index (χ1v) is 8.20. The highest BCUT2D eigenvalue weighted by molar-refractivity contribution is 7.91. The first-order chi connectivity index (χ1) is 9.02. The molecule has 19 heavy (non-hydrogen) atoms. The Hall–Kier alpha value is -1.14. The maximum Gasteiger partial charge on any atom is 0.154 e. The van der Waals surface area contributed by atoms with Gasteiger partial charge in [0.25, 0.3) is 0 Å². The highest BCUT2D eigenvalue weighted by Crippen LogP contribution is 2.30. The fraction of sp³-hybridized carbons (Fsp3) is 0.538. The van der Waals surface area contributed by atoms with Crippen molar-refractivity contribution < 1.29 is 17.5 Å². The van der Waals surface area contributed by atoms with E-state index in [1.807, 2.05) is 0 Å². The highest BCUT2D eigenvalue weighted by Gasteiger charge is 2.31. The van der Waals surface area contributed by atoms with Crippen molar-refractivity contribution in [3.05, 3.63) is 29.6 Å². The fourth-order valence-electron chi connectivity index (χ4n) is 2.56. The summed E-state index contributed by atoms with van der Waals surface area (Å²) in [6.07, 6.45) is 0.0877. The Kier molecular flexibility index (Phi) is 3.22. The molecule has 2 heterocycles. The molecule has 1 aromatic carbocycles. The Morgan fingerprint density at radius 3 is 2.79 bits per heavy atom. The van der Waals surface area contributed by atoms with Gasteiger partial charge in [0.1, 0.15) is 17.7 Å². The molecule has 0 bridgehead atoms. The quantitative estimate of drug-likeness (QED) is 0.887. The van der Waals surface area contributed by atoms with E-state index < -0.39 is 9.84 Å². The smallest absolute Gasteiger partial charge is 0.154 e. The van der Waals surface area contributed by atoms with Gasteiger partial charge in [0.15, 0.2) is 9.84 Å². The van der Waals surface area contributed by atoms with E-state index in [1.54, 1.807) is 6.07 Å². The molecule has 0 amide bonds. The van der Waals surface area contributed by atoms with Crippen LogP contribution in [0, 0.1) is 11.7 Å². The van der Waals surface area contributed by atoms with E-state index in [9.17, 15) is 12.8 Å². The van der Waals surface area contributed by atoms with Crippen molar-refractivity contribution in [1.29, 1.82) is 0 Å². The molecule has 2 aliphatic rings. The summed E-state index contributed by atoms with van der Waals surface area (Å²) in [5.74, 6) is 0.745. The molecule has 6 heteroatoms. The monoisotopic (exact) mass is 285 g/mol. The maximum absolute atomic E-state index is 13.1. The second kappa shape index (κ2) is 4.76. The second-order valence-corrected chi connectivity index (χ2v) is 7.45. The zero-order chi connectivity index (χ0) is 13.5. The molecule has 2 aliphatic heterocycles. The molecule has 1 fully saturated rings. The van der Waals surface area contributed by atoms with Gasteiger partial charge < -0.3 is 10.1 Å². The summed E-state index contributed by atoms with van der Waals surface area (Å²) in [5, 5.41) is 3.06. The molecule has 4 nitrogen and oxygen atoms in total. The average Bonchev–Trinajstić information content (AvgIpc) is 2.64. The number of benzene rings is 1. The predicted octanol–water partition coefficient (Wildman–Crippen LogP) is 0.763. The number of sulfone groups is 1. The molecule has 0 aliphatic carbocycles. The lowest BCUT2D eigenvalue weighted by Gasteiger charge is -2.27. The first kappa shape index (κ1) is 12.9. The van der Waals surface area contributed by atoms with Crippen LogP contribution in [0.3, 0.4) is 0 Å². The summed E-state index contributed by atoms with van der Waals surface area (Å²) in [7, 11) is -3.11. The van der Waals surface area contributed by atoms with Crippen molar-refractivity contribution >= 4 is 9.84 Å². The number of hydrogen-bond donors (Lipinski definition) is 1. The van der Waals surface area contributed by atoms with Crippen LogP contribution < -0.4 is 10.1 Å². The van der Waals surface area contributed by atoms with Gasteiger partial charge in [-0.15, -0.1) is 0 Å². The standard InChI is InChI=1S/C13H16FNO3S/c14-11-1-2-13-10(3-11)4-12(18-13)8-19(16,17)7-9-5-15-6-9/h1-3,9,12,15H,4-8H2. The van der Waals surface area contributed by atoms with Crippen LogP contribution in [0.4, 0.5) is 4.39 Å². The van der Waals surface area contributed by atoms with Crippen molar-refractivity contribution in [2.24, 2.45) is 5.92 Å². The van der Waals surface area contributed by atoms with Crippen LogP contribution in [-0.2, 0) is 16.3 Å². The largest absolute Gasteiger partial charge is 0.489 e. The molecule has 0 saturated carbocycles. The normalized spacial score (nSPS) is 22.7. The third-order valence-electron chi connectivity index (χ3n) is 3.56. The summed E-state index contributed by atoms with van der Waals surface area (Å²) in [6, 6.07) is 4.31. The Morgan fingerprint density at radius 2 is 2.11 bits per heavy atom. The van der Waals surface area contributed by atoms with E-state index in [0.29, 0.717) is 12.2 Å². The van der Waals surface area contributed by atoms with Crippen LogP contribution in [0.5, 0.6) is 5.75 Å². The number of rotatable bonds is 4. The van der Waals surface area contributed by atoms with Gasteiger partial charge in [-0.25, -0.2) is 12.8 Å². The number of halogens is 1. The first-order valence-electron chi connectivity index (χ1n) is 6.38. The van der Waals surface area contributed by atoms with Crippen molar-refractivity contribution in [3.8, 4) is 5.75 Å². The van der Waals surface area contributed by atoms with E-state index in [1.165, 1.54) is 12.1 Å². The zero-order valence-corrected chi connectivity index (χ0v) is 11.2. The molecule has 3 rings (SSSR count).